The molecule has 0 aliphatic carbocycles. The van der Waals surface area contributed by atoms with E-state index in [0.717, 1.165) is 34.7 Å². The molecule has 0 heterocycles. The Morgan fingerprint density at radius 1 is 0.795 bits per heavy atom. The summed E-state index contributed by atoms with van der Waals surface area (Å²) < 4.78 is 33.4. The van der Waals surface area contributed by atoms with Crippen LogP contribution in [-0.4, -0.2) is 69.9 Å². The SMILES string of the molecule is [C-]#[N+]CCOP(OCC(CNCC)OC(c1ccccc1)(c1ccc(OC)cc1)c1ccc(OC)cc1)N(C(C)C)C(C)C. The van der Waals surface area contributed by atoms with Gasteiger partial charge in [0.1, 0.15) is 23.7 Å². The summed E-state index contributed by atoms with van der Waals surface area (Å²) in [5, 5.41) is 3.48. The summed E-state index contributed by atoms with van der Waals surface area (Å²) in [5.41, 5.74) is 1.92. The highest BCUT2D eigenvalue weighted by atomic mass is 31.2. The van der Waals surface area contributed by atoms with Crippen molar-refractivity contribution in [3.63, 3.8) is 0 Å². The molecule has 0 saturated heterocycles. The number of benzene rings is 3. The minimum absolute atomic E-state index is 0.198. The lowest BCUT2D eigenvalue weighted by molar-refractivity contribution is -0.0654. The van der Waals surface area contributed by atoms with Crippen LogP contribution in [-0.2, 0) is 19.4 Å². The lowest BCUT2D eigenvalue weighted by Crippen LogP contribution is -2.43. The second kappa shape index (κ2) is 18.1. The standard InChI is InChI=1S/C35H48N3O5P/c1-9-37-25-34(26-42-44(41-24-23-36-6)38(27(2)3)28(4)5)43-35(29-13-11-10-12-14-29,30-15-19-32(39-7)20-16-30)31-17-21-33(40-8)22-18-31/h10-22,27-28,34,37H,9,23-26H2,1-5,7-8H3. The van der Waals surface area contributed by atoms with Gasteiger partial charge in [0.25, 0.3) is 8.53 Å². The van der Waals surface area contributed by atoms with Crippen LogP contribution in [0.5, 0.6) is 11.5 Å². The molecule has 0 amide bonds. The Labute approximate surface area is 265 Å². The van der Waals surface area contributed by atoms with Crippen LogP contribution in [0.4, 0.5) is 0 Å². The fraction of sp³-hybridized carbons (Fsp3) is 0.457. The lowest BCUT2D eigenvalue weighted by Gasteiger charge is -2.40. The third kappa shape index (κ3) is 9.25. The summed E-state index contributed by atoms with van der Waals surface area (Å²) in [7, 11) is 1.90. The fourth-order valence-corrected chi connectivity index (χ4v) is 6.80. The van der Waals surface area contributed by atoms with E-state index >= 15 is 0 Å². The molecule has 238 valence electrons. The summed E-state index contributed by atoms with van der Waals surface area (Å²) in [6, 6.07) is 26.7. The molecule has 2 atom stereocenters. The number of likely N-dealkylation sites (N-methyl/N-ethyl adjacent to an activating group) is 1. The van der Waals surface area contributed by atoms with Crippen molar-refractivity contribution in [1.82, 2.24) is 9.99 Å². The van der Waals surface area contributed by atoms with E-state index in [0.29, 0.717) is 13.2 Å². The zero-order valence-electron chi connectivity index (χ0n) is 27.2. The van der Waals surface area contributed by atoms with Crippen LogP contribution in [0.1, 0.15) is 51.3 Å². The van der Waals surface area contributed by atoms with E-state index < -0.39 is 14.1 Å². The Morgan fingerprint density at radius 2 is 1.32 bits per heavy atom. The predicted molar refractivity (Wildman–Crippen MR) is 178 cm³/mol. The molecule has 0 aliphatic rings. The summed E-state index contributed by atoms with van der Waals surface area (Å²) >= 11 is 0. The largest absolute Gasteiger partial charge is 0.497 e. The van der Waals surface area contributed by atoms with Gasteiger partial charge >= 0.3 is 0 Å². The fourth-order valence-electron chi connectivity index (χ4n) is 5.17. The maximum atomic E-state index is 7.34. The van der Waals surface area contributed by atoms with Gasteiger partial charge in [-0.15, -0.1) is 0 Å². The molecule has 0 fully saturated rings. The first-order valence-electron chi connectivity index (χ1n) is 15.2. The van der Waals surface area contributed by atoms with Crippen molar-refractivity contribution >= 4 is 8.53 Å². The van der Waals surface area contributed by atoms with Crippen LogP contribution in [0.25, 0.3) is 4.85 Å². The van der Waals surface area contributed by atoms with E-state index in [9.17, 15) is 0 Å². The van der Waals surface area contributed by atoms with E-state index in [-0.39, 0.29) is 31.3 Å². The second-order valence-corrected chi connectivity index (χ2v) is 12.3. The lowest BCUT2D eigenvalue weighted by atomic mass is 9.79. The minimum Gasteiger partial charge on any atom is -0.497 e. The molecule has 3 aromatic carbocycles. The highest BCUT2D eigenvalue weighted by Gasteiger charge is 2.41. The van der Waals surface area contributed by atoms with E-state index in [1.54, 1.807) is 14.2 Å². The number of hydrogen-bond donors (Lipinski definition) is 1. The van der Waals surface area contributed by atoms with E-state index in [1.165, 1.54) is 0 Å². The topological polar surface area (TPSA) is 65.8 Å². The van der Waals surface area contributed by atoms with Crippen molar-refractivity contribution < 1.29 is 23.3 Å². The molecule has 0 aliphatic heterocycles. The van der Waals surface area contributed by atoms with Gasteiger partial charge in [0.2, 0.25) is 6.54 Å². The van der Waals surface area contributed by atoms with Crippen molar-refractivity contribution in [2.75, 3.05) is 47.1 Å². The van der Waals surface area contributed by atoms with Crippen LogP contribution < -0.4 is 14.8 Å². The van der Waals surface area contributed by atoms with Crippen molar-refractivity contribution in [1.29, 1.82) is 0 Å². The van der Waals surface area contributed by atoms with Crippen LogP contribution in [0.2, 0.25) is 0 Å². The normalized spacial score (nSPS) is 13.2. The van der Waals surface area contributed by atoms with Crippen LogP contribution in [0, 0.1) is 6.57 Å². The van der Waals surface area contributed by atoms with Gasteiger partial charge < -0.3 is 33.4 Å². The van der Waals surface area contributed by atoms with E-state index in [1.807, 2.05) is 42.5 Å². The molecule has 0 spiro atoms. The molecule has 9 heteroatoms. The molecule has 2 unspecified atom stereocenters. The van der Waals surface area contributed by atoms with Gasteiger partial charge in [-0.05, 0) is 75.2 Å². The predicted octanol–water partition coefficient (Wildman–Crippen LogP) is 7.29. The monoisotopic (exact) mass is 621 g/mol. The van der Waals surface area contributed by atoms with Gasteiger partial charge in [-0.25, -0.2) is 11.2 Å². The molecule has 3 aromatic rings. The number of ether oxygens (including phenoxy) is 3. The third-order valence-electron chi connectivity index (χ3n) is 7.16. The van der Waals surface area contributed by atoms with Crippen molar-refractivity contribution in [3.05, 3.63) is 107 Å². The number of hydrogen-bond acceptors (Lipinski definition) is 7. The first kappa shape index (κ1) is 35.5. The first-order chi connectivity index (χ1) is 21.3. The average molecular weight is 622 g/mol. The average Bonchev–Trinajstić information content (AvgIpc) is 3.04. The minimum atomic E-state index is -1.43. The number of nitrogens with one attached hydrogen (secondary N) is 1. The van der Waals surface area contributed by atoms with Gasteiger partial charge in [0.05, 0.1) is 26.9 Å². The summed E-state index contributed by atoms with van der Waals surface area (Å²) in [5.74, 6) is 1.53. The van der Waals surface area contributed by atoms with Gasteiger partial charge in [0.15, 0.2) is 0 Å². The Morgan fingerprint density at radius 3 is 1.77 bits per heavy atom. The van der Waals surface area contributed by atoms with Crippen molar-refractivity contribution in [3.8, 4) is 11.5 Å². The molecule has 0 saturated carbocycles. The zero-order chi connectivity index (χ0) is 32.0. The highest BCUT2D eigenvalue weighted by Crippen LogP contribution is 2.47. The third-order valence-corrected chi connectivity index (χ3v) is 9.24. The molecule has 0 radical (unpaired) electrons. The maximum Gasteiger partial charge on any atom is 0.259 e. The van der Waals surface area contributed by atoms with Gasteiger partial charge in [0, 0.05) is 18.6 Å². The molecule has 0 bridgehead atoms. The summed E-state index contributed by atoms with van der Waals surface area (Å²) in [4.78, 5) is 3.48. The van der Waals surface area contributed by atoms with Crippen LogP contribution in [0.3, 0.4) is 0 Å². The quantitative estimate of drug-likeness (QED) is 0.0653. The summed E-state index contributed by atoms with van der Waals surface area (Å²) in [6.45, 7) is 20.1. The van der Waals surface area contributed by atoms with Crippen molar-refractivity contribution in [2.24, 2.45) is 0 Å². The molecule has 0 aromatic heterocycles. The van der Waals surface area contributed by atoms with Gasteiger partial charge in [-0.2, -0.15) is 0 Å². The van der Waals surface area contributed by atoms with Crippen LogP contribution in [0.15, 0.2) is 78.9 Å². The molecule has 1 N–H and O–H groups in total. The molecular weight excluding hydrogens is 573 g/mol. The van der Waals surface area contributed by atoms with E-state index in [2.05, 4.69) is 85.8 Å². The smallest absolute Gasteiger partial charge is 0.259 e. The van der Waals surface area contributed by atoms with Gasteiger partial charge in [-0.3, -0.25) is 0 Å². The second-order valence-electron chi connectivity index (χ2n) is 10.9. The zero-order valence-corrected chi connectivity index (χ0v) is 28.1. The highest BCUT2D eigenvalue weighted by molar-refractivity contribution is 7.44. The Kier molecular flexibility index (Phi) is 14.6. The van der Waals surface area contributed by atoms with Crippen molar-refractivity contribution in [2.45, 2.75) is 58.4 Å². The molecule has 44 heavy (non-hydrogen) atoms. The van der Waals surface area contributed by atoms with E-state index in [4.69, 9.17) is 29.8 Å². The maximum absolute atomic E-state index is 7.34. The molecular formula is C35H48N3O5P. The number of methoxy groups -OCH3 is 2. The Hall–Kier alpha value is -3.02. The molecule has 8 nitrogen and oxygen atoms in total. The first-order valence-corrected chi connectivity index (χ1v) is 16.3. The van der Waals surface area contributed by atoms with Crippen LogP contribution >= 0.6 is 8.53 Å². The summed E-state index contributed by atoms with van der Waals surface area (Å²) in [6.07, 6.45) is -0.366. The molecule has 3 rings (SSSR count). The number of rotatable bonds is 19. The Bertz CT molecular complexity index is 1210. The van der Waals surface area contributed by atoms with Gasteiger partial charge in [-0.1, -0.05) is 61.5 Å². The number of nitrogens with zero attached hydrogens (tertiary/aromatic N) is 2. The Balaban J connectivity index is 2.12.